The SMILES string of the molecule is COCC(C)N(C)CCNc1ccccc1. The highest BCUT2D eigenvalue weighted by molar-refractivity contribution is 5.42. The third-order valence-electron chi connectivity index (χ3n) is 2.73. The Balaban J connectivity index is 2.20. The molecule has 16 heavy (non-hydrogen) atoms. The second kappa shape index (κ2) is 7.25. The average molecular weight is 222 g/mol. The maximum Gasteiger partial charge on any atom is 0.0615 e. The molecule has 0 aliphatic carbocycles. The van der Waals surface area contributed by atoms with E-state index in [-0.39, 0.29) is 0 Å². The van der Waals surface area contributed by atoms with Gasteiger partial charge in [0.25, 0.3) is 0 Å². The number of ether oxygens (including phenoxy) is 1. The van der Waals surface area contributed by atoms with Gasteiger partial charge in [-0.3, -0.25) is 4.90 Å². The number of nitrogens with one attached hydrogen (secondary N) is 1. The van der Waals surface area contributed by atoms with Crippen molar-refractivity contribution in [3.05, 3.63) is 30.3 Å². The Morgan fingerprint density at radius 2 is 2.00 bits per heavy atom. The van der Waals surface area contributed by atoms with Crippen LogP contribution in [0.5, 0.6) is 0 Å². The van der Waals surface area contributed by atoms with Gasteiger partial charge in [-0.05, 0) is 26.1 Å². The van der Waals surface area contributed by atoms with Crippen LogP contribution in [0.1, 0.15) is 6.92 Å². The van der Waals surface area contributed by atoms with Crippen molar-refractivity contribution in [3.8, 4) is 0 Å². The van der Waals surface area contributed by atoms with Gasteiger partial charge in [0.05, 0.1) is 6.61 Å². The van der Waals surface area contributed by atoms with Crippen LogP contribution in [0.2, 0.25) is 0 Å². The van der Waals surface area contributed by atoms with E-state index in [1.807, 2.05) is 18.2 Å². The van der Waals surface area contributed by atoms with Crippen LogP contribution in [0.3, 0.4) is 0 Å². The van der Waals surface area contributed by atoms with E-state index in [4.69, 9.17) is 4.74 Å². The summed E-state index contributed by atoms with van der Waals surface area (Å²) in [5, 5.41) is 3.39. The summed E-state index contributed by atoms with van der Waals surface area (Å²) in [7, 11) is 3.86. The minimum atomic E-state index is 0.461. The minimum absolute atomic E-state index is 0.461. The molecule has 0 heterocycles. The first-order valence-electron chi connectivity index (χ1n) is 5.72. The molecule has 1 aromatic carbocycles. The molecule has 0 aromatic heterocycles. The highest BCUT2D eigenvalue weighted by atomic mass is 16.5. The summed E-state index contributed by atoms with van der Waals surface area (Å²) in [6.07, 6.45) is 0. The molecule has 0 saturated carbocycles. The van der Waals surface area contributed by atoms with Crippen molar-refractivity contribution in [1.82, 2.24) is 4.90 Å². The molecule has 3 heteroatoms. The Morgan fingerprint density at radius 3 is 2.62 bits per heavy atom. The largest absolute Gasteiger partial charge is 0.384 e. The second-order valence-corrected chi connectivity index (χ2v) is 4.08. The normalized spacial score (nSPS) is 12.8. The Bertz CT molecular complexity index is 277. The Hall–Kier alpha value is -1.06. The quantitative estimate of drug-likeness (QED) is 0.764. The van der Waals surface area contributed by atoms with E-state index < -0.39 is 0 Å². The summed E-state index contributed by atoms with van der Waals surface area (Å²) in [4.78, 5) is 2.29. The van der Waals surface area contributed by atoms with Crippen LogP contribution in [-0.2, 0) is 4.74 Å². The van der Waals surface area contributed by atoms with E-state index >= 15 is 0 Å². The number of anilines is 1. The molecule has 1 N–H and O–H groups in total. The van der Waals surface area contributed by atoms with Gasteiger partial charge in [-0.15, -0.1) is 0 Å². The van der Waals surface area contributed by atoms with Crippen LogP contribution in [0.15, 0.2) is 30.3 Å². The van der Waals surface area contributed by atoms with Gasteiger partial charge in [-0.1, -0.05) is 18.2 Å². The fourth-order valence-electron chi connectivity index (χ4n) is 1.52. The van der Waals surface area contributed by atoms with Gasteiger partial charge >= 0.3 is 0 Å². The second-order valence-electron chi connectivity index (χ2n) is 4.08. The molecule has 3 nitrogen and oxygen atoms in total. The lowest BCUT2D eigenvalue weighted by atomic mass is 10.3. The number of benzene rings is 1. The molecule has 1 rings (SSSR count). The zero-order valence-corrected chi connectivity index (χ0v) is 10.4. The van der Waals surface area contributed by atoms with Crippen LogP contribution < -0.4 is 5.32 Å². The molecule has 0 fully saturated rings. The molecule has 0 bridgehead atoms. The van der Waals surface area contributed by atoms with E-state index in [9.17, 15) is 0 Å². The van der Waals surface area contributed by atoms with Crippen molar-refractivity contribution >= 4 is 5.69 Å². The summed E-state index contributed by atoms with van der Waals surface area (Å²) >= 11 is 0. The fraction of sp³-hybridized carbons (Fsp3) is 0.538. The van der Waals surface area contributed by atoms with Gasteiger partial charge in [-0.2, -0.15) is 0 Å². The highest BCUT2D eigenvalue weighted by Crippen LogP contribution is 2.04. The summed E-state index contributed by atoms with van der Waals surface area (Å²) in [6, 6.07) is 10.7. The number of nitrogens with zero attached hydrogens (tertiary/aromatic N) is 1. The van der Waals surface area contributed by atoms with Crippen LogP contribution in [0.25, 0.3) is 0 Å². The van der Waals surface area contributed by atoms with Crippen LogP contribution in [0, 0.1) is 0 Å². The molecule has 0 spiro atoms. The highest BCUT2D eigenvalue weighted by Gasteiger charge is 2.07. The number of hydrogen-bond acceptors (Lipinski definition) is 3. The average Bonchev–Trinajstić information content (AvgIpc) is 2.30. The minimum Gasteiger partial charge on any atom is -0.384 e. The van der Waals surface area contributed by atoms with Crippen molar-refractivity contribution < 1.29 is 4.74 Å². The van der Waals surface area contributed by atoms with Gasteiger partial charge in [0.1, 0.15) is 0 Å². The van der Waals surface area contributed by atoms with Crippen LogP contribution >= 0.6 is 0 Å². The van der Waals surface area contributed by atoms with E-state index in [0.29, 0.717) is 6.04 Å². The van der Waals surface area contributed by atoms with Crippen LogP contribution in [-0.4, -0.2) is 44.8 Å². The van der Waals surface area contributed by atoms with E-state index in [0.717, 1.165) is 19.7 Å². The Kier molecular flexibility index (Phi) is 5.90. The molecule has 1 atom stereocenters. The Morgan fingerprint density at radius 1 is 1.31 bits per heavy atom. The van der Waals surface area contributed by atoms with E-state index in [2.05, 4.69) is 36.3 Å². The lowest BCUT2D eigenvalue weighted by Gasteiger charge is -2.24. The van der Waals surface area contributed by atoms with Crippen LogP contribution in [0.4, 0.5) is 5.69 Å². The zero-order chi connectivity index (χ0) is 11.8. The number of para-hydroxylation sites is 1. The third-order valence-corrected chi connectivity index (χ3v) is 2.73. The number of likely N-dealkylation sites (N-methyl/N-ethyl adjacent to an activating group) is 1. The van der Waals surface area contributed by atoms with Crippen molar-refractivity contribution in [3.63, 3.8) is 0 Å². The summed E-state index contributed by atoms with van der Waals surface area (Å²) in [6.45, 7) is 4.92. The van der Waals surface area contributed by atoms with Crippen molar-refractivity contribution in [2.75, 3.05) is 39.2 Å². The molecule has 1 aromatic rings. The maximum atomic E-state index is 5.13. The molecule has 0 amide bonds. The first-order valence-corrected chi connectivity index (χ1v) is 5.72. The molecule has 1 unspecified atom stereocenters. The first-order chi connectivity index (χ1) is 7.74. The van der Waals surface area contributed by atoms with Gasteiger partial charge in [0.2, 0.25) is 0 Å². The predicted octanol–water partition coefficient (Wildman–Crippen LogP) is 2.07. The molecular weight excluding hydrogens is 200 g/mol. The van der Waals surface area contributed by atoms with Gasteiger partial charge in [0.15, 0.2) is 0 Å². The Labute approximate surface area is 98.4 Å². The smallest absolute Gasteiger partial charge is 0.0615 e. The van der Waals surface area contributed by atoms with Crippen molar-refractivity contribution in [2.24, 2.45) is 0 Å². The van der Waals surface area contributed by atoms with Gasteiger partial charge < -0.3 is 10.1 Å². The standard InChI is InChI=1S/C13H22N2O/c1-12(11-16-3)15(2)10-9-14-13-7-5-4-6-8-13/h4-8,12,14H,9-11H2,1-3H3. The molecule has 0 saturated heterocycles. The van der Waals surface area contributed by atoms with Gasteiger partial charge in [-0.25, -0.2) is 0 Å². The van der Waals surface area contributed by atoms with Crippen molar-refractivity contribution in [1.29, 1.82) is 0 Å². The summed E-state index contributed by atoms with van der Waals surface area (Å²) in [5.41, 5.74) is 1.18. The fourth-order valence-corrected chi connectivity index (χ4v) is 1.52. The predicted molar refractivity (Wildman–Crippen MR) is 68.9 cm³/mol. The summed E-state index contributed by atoms with van der Waals surface area (Å²) in [5.74, 6) is 0. The van der Waals surface area contributed by atoms with Crippen molar-refractivity contribution in [2.45, 2.75) is 13.0 Å². The topological polar surface area (TPSA) is 24.5 Å². The monoisotopic (exact) mass is 222 g/mol. The summed E-state index contributed by atoms with van der Waals surface area (Å²) < 4.78 is 5.13. The molecular formula is C13H22N2O. The molecule has 90 valence electrons. The number of hydrogen-bond donors (Lipinski definition) is 1. The maximum absolute atomic E-state index is 5.13. The third kappa shape index (κ3) is 4.64. The van der Waals surface area contributed by atoms with E-state index in [1.165, 1.54) is 5.69 Å². The lowest BCUT2D eigenvalue weighted by molar-refractivity contribution is 0.118. The number of rotatable bonds is 7. The lowest BCUT2D eigenvalue weighted by Crippen LogP contribution is -2.36. The zero-order valence-electron chi connectivity index (χ0n) is 10.4. The first kappa shape index (κ1) is 13.0. The number of methoxy groups -OCH3 is 1. The van der Waals surface area contributed by atoms with E-state index in [1.54, 1.807) is 7.11 Å². The molecule has 0 radical (unpaired) electrons. The van der Waals surface area contributed by atoms with Gasteiger partial charge in [0, 0.05) is 31.9 Å². The molecule has 0 aliphatic rings. The molecule has 0 aliphatic heterocycles.